The van der Waals surface area contributed by atoms with Crippen molar-refractivity contribution in [2.45, 2.75) is 23.3 Å². The van der Waals surface area contributed by atoms with Crippen molar-refractivity contribution in [3.63, 3.8) is 0 Å². The third kappa shape index (κ3) is 6.15. The molecule has 0 aliphatic carbocycles. The molecule has 0 saturated carbocycles. The van der Waals surface area contributed by atoms with Crippen molar-refractivity contribution in [1.29, 1.82) is 0 Å². The number of aromatic nitrogens is 2. The van der Waals surface area contributed by atoms with E-state index in [0.29, 0.717) is 65.6 Å². The highest BCUT2D eigenvalue weighted by atomic mass is 35.5. The van der Waals surface area contributed by atoms with Crippen LogP contribution in [-0.2, 0) is 31.8 Å². The molecule has 12 heteroatoms. The first-order chi connectivity index (χ1) is 20.3. The summed E-state index contributed by atoms with van der Waals surface area (Å²) < 4.78 is 48.1. The van der Waals surface area contributed by atoms with E-state index in [9.17, 15) is 8.42 Å². The van der Waals surface area contributed by atoms with Crippen LogP contribution in [0.25, 0.3) is 0 Å². The largest absolute Gasteiger partial charge is 0.491 e. The van der Waals surface area contributed by atoms with Gasteiger partial charge in [0.25, 0.3) is 0 Å². The Morgan fingerprint density at radius 1 is 0.976 bits per heavy atom. The Morgan fingerprint density at radius 3 is 2.43 bits per heavy atom. The maximum Gasteiger partial charge on any atom is 0.243 e. The normalized spacial score (nSPS) is 21.5. The SMILES string of the molecule is O=S(=O)(c1ccccc1)N1CCN(c2ccc(OCC3COC(Cn4ccnc4)(c4ccc(Cl)cc4Cl)O3)cc2)CC1. The first-order valence-corrected chi connectivity index (χ1v) is 15.8. The van der Waals surface area contributed by atoms with E-state index in [1.807, 2.05) is 47.2 Å². The topological polar surface area (TPSA) is 86.1 Å². The quantitative estimate of drug-likeness (QED) is 0.256. The number of sulfonamides is 1. The third-order valence-corrected chi connectivity index (χ3v) is 9.87. The Morgan fingerprint density at radius 2 is 1.74 bits per heavy atom. The van der Waals surface area contributed by atoms with Gasteiger partial charge in [-0.2, -0.15) is 4.31 Å². The summed E-state index contributed by atoms with van der Waals surface area (Å²) in [5.74, 6) is -0.416. The van der Waals surface area contributed by atoms with Gasteiger partial charge in [-0.05, 0) is 48.5 Å². The van der Waals surface area contributed by atoms with Gasteiger partial charge in [-0.25, -0.2) is 13.4 Å². The zero-order chi connectivity index (χ0) is 29.2. The molecule has 0 spiro atoms. The lowest BCUT2D eigenvalue weighted by atomic mass is 10.1. The molecule has 6 rings (SSSR count). The minimum absolute atomic E-state index is 0.284. The van der Waals surface area contributed by atoms with Gasteiger partial charge in [0, 0.05) is 54.8 Å². The van der Waals surface area contributed by atoms with E-state index in [-0.39, 0.29) is 12.7 Å². The highest BCUT2D eigenvalue weighted by molar-refractivity contribution is 7.89. The number of benzene rings is 3. The lowest BCUT2D eigenvalue weighted by molar-refractivity contribution is -0.189. The van der Waals surface area contributed by atoms with Crippen molar-refractivity contribution in [3.8, 4) is 5.75 Å². The molecular formula is C30H30Cl2N4O5S. The summed E-state index contributed by atoms with van der Waals surface area (Å²) in [6, 6.07) is 21.6. The summed E-state index contributed by atoms with van der Waals surface area (Å²) >= 11 is 12.7. The summed E-state index contributed by atoms with van der Waals surface area (Å²) in [4.78, 5) is 6.63. The van der Waals surface area contributed by atoms with Gasteiger partial charge in [-0.3, -0.25) is 0 Å². The molecule has 220 valence electrons. The van der Waals surface area contributed by atoms with Gasteiger partial charge in [0.1, 0.15) is 18.5 Å². The molecule has 4 aromatic rings. The van der Waals surface area contributed by atoms with Crippen LogP contribution in [0, 0.1) is 0 Å². The standard InChI is InChI=1S/C30H30Cl2N4O5S/c31-23-6-11-28(29(32)18-23)30(21-34-13-12-33-22-34)40-20-26(41-30)19-39-25-9-7-24(8-10-25)35-14-16-36(17-15-35)42(37,38)27-4-2-1-3-5-27/h1-13,18,22,26H,14-17,19-21H2. The molecule has 3 aromatic carbocycles. The second-order valence-corrected chi connectivity index (χ2v) is 13.0. The summed E-state index contributed by atoms with van der Waals surface area (Å²) in [5.41, 5.74) is 1.70. The molecule has 42 heavy (non-hydrogen) atoms. The average molecular weight is 630 g/mol. The van der Waals surface area contributed by atoms with Crippen LogP contribution >= 0.6 is 23.2 Å². The fraction of sp³-hybridized carbons (Fsp3) is 0.300. The van der Waals surface area contributed by atoms with Gasteiger partial charge in [0.15, 0.2) is 0 Å². The van der Waals surface area contributed by atoms with E-state index in [1.54, 1.807) is 53.2 Å². The number of nitrogens with zero attached hydrogens (tertiary/aromatic N) is 4. The highest BCUT2D eigenvalue weighted by Crippen LogP contribution is 2.40. The Kier molecular flexibility index (Phi) is 8.44. The van der Waals surface area contributed by atoms with Crippen LogP contribution < -0.4 is 9.64 Å². The predicted octanol–water partition coefficient (Wildman–Crippen LogP) is 5.05. The van der Waals surface area contributed by atoms with Crippen LogP contribution in [0.3, 0.4) is 0 Å². The summed E-state index contributed by atoms with van der Waals surface area (Å²) in [6.45, 7) is 3.02. The van der Waals surface area contributed by atoms with Crippen LogP contribution in [-0.4, -0.2) is 67.8 Å². The molecule has 2 atom stereocenters. The second kappa shape index (κ2) is 12.2. The van der Waals surface area contributed by atoms with Crippen LogP contribution in [0.1, 0.15) is 5.56 Å². The fourth-order valence-electron chi connectivity index (χ4n) is 5.25. The van der Waals surface area contributed by atoms with Gasteiger partial charge in [-0.1, -0.05) is 47.5 Å². The Bertz CT molecular complexity index is 1600. The molecule has 9 nitrogen and oxygen atoms in total. The highest BCUT2D eigenvalue weighted by Gasteiger charge is 2.45. The zero-order valence-corrected chi connectivity index (χ0v) is 25.0. The van der Waals surface area contributed by atoms with Crippen molar-refractivity contribution in [2.24, 2.45) is 0 Å². The molecule has 2 aliphatic rings. The molecule has 0 amide bonds. The first-order valence-electron chi connectivity index (χ1n) is 13.6. The number of piperazine rings is 1. The van der Waals surface area contributed by atoms with Crippen LogP contribution in [0.4, 0.5) is 5.69 Å². The van der Waals surface area contributed by atoms with Crippen molar-refractivity contribution < 1.29 is 22.6 Å². The Balaban J connectivity index is 1.06. The molecule has 0 radical (unpaired) electrons. The lowest BCUT2D eigenvalue weighted by Crippen LogP contribution is -2.48. The van der Waals surface area contributed by atoms with E-state index in [4.69, 9.17) is 37.4 Å². The smallest absolute Gasteiger partial charge is 0.243 e. The number of halogens is 2. The van der Waals surface area contributed by atoms with E-state index in [0.717, 1.165) is 5.69 Å². The first kappa shape index (κ1) is 29.0. The molecule has 0 bridgehead atoms. The second-order valence-electron chi connectivity index (χ2n) is 10.2. The lowest BCUT2D eigenvalue weighted by Gasteiger charge is -2.35. The summed E-state index contributed by atoms with van der Waals surface area (Å²) in [5, 5.41) is 0.986. The van der Waals surface area contributed by atoms with Gasteiger partial charge in [0.2, 0.25) is 15.8 Å². The van der Waals surface area contributed by atoms with E-state index in [1.165, 1.54) is 0 Å². The molecule has 2 fully saturated rings. The molecular weight excluding hydrogens is 599 g/mol. The van der Waals surface area contributed by atoms with Crippen LogP contribution in [0.2, 0.25) is 10.0 Å². The number of ether oxygens (including phenoxy) is 3. The van der Waals surface area contributed by atoms with Crippen molar-refractivity contribution in [1.82, 2.24) is 13.9 Å². The number of anilines is 1. The van der Waals surface area contributed by atoms with Gasteiger partial charge >= 0.3 is 0 Å². The van der Waals surface area contributed by atoms with Crippen LogP contribution in [0.15, 0.2) is 96.4 Å². The molecule has 0 N–H and O–H groups in total. The minimum atomic E-state index is -3.49. The number of hydrogen-bond acceptors (Lipinski definition) is 7. The van der Waals surface area contributed by atoms with E-state index < -0.39 is 15.8 Å². The predicted molar refractivity (Wildman–Crippen MR) is 161 cm³/mol. The van der Waals surface area contributed by atoms with Crippen LogP contribution in [0.5, 0.6) is 5.75 Å². The van der Waals surface area contributed by atoms with Gasteiger partial charge in [-0.15, -0.1) is 0 Å². The number of hydrogen-bond donors (Lipinski definition) is 0. The Hall–Kier alpha value is -3.12. The van der Waals surface area contributed by atoms with Crippen molar-refractivity contribution in [2.75, 3.05) is 44.3 Å². The zero-order valence-electron chi connectivity index (χ0n) is 22.7. The fourth-order valence-corrected chi connectivity index (χ4v) is 7.24. The molecule has 2 unspecified atom stereocenters. The van der Waals surface area contributed by atoms with Gasteiger partial charge < -0.3 is 23.7 Å². The number of rotatable bonds is 9. The van der Waals surface area contributed by atoms with Crippen molar-refractivity contribution in [3.05, 3.63) is 107 Å². The maximum absolute atomic E-state index is 12.9. The monoisotopic (exact) mass is 628 g/mol. The third-order valence-electron chi connectivity index (χ3n) is 7.41. The molecule has 2 aliphatic heterocycles. The Labute approximate surface area is 255 Å². The van der Waals surface area contributed by atoms with E-state index >= 15 is 0 Å². The van der Waals surface area contributed by atoms with E-state index in [2.05, 4.69) is 9.88 Å². The molecule has 2 saturated heterocycles. The average Bonchev–Trinajstić information content (AvgIpc) is 3.67. The minimum Gasteiger partial charge on any atom is -0.491 e. The van der Waals surface area contributed by atoms with Gasteiger partial charge in [0.05, 0.1) is 29.4 Å². The van der Waals surface area contributed by atoms with Crippen molar-refractivity contribution >= 4 is 38.9 Å². The maximum atomic E-state index is 12.9. The summed E-state index contributed by atoms with van der Waals surface area (Å²) in [7, 11) is -3.49. The number of imidazole rings is 1. The molecule has 3 heterocycles. The summed E-state index contributed by atoms with van der Waals surface area (Å²) in [6.07, 6.45) is 4.90. The molecule has 1 aromatic heterocycles.